The van der Waals surface area contributed by atoms with E-state index in [1.165, 1.54) is 37.9 Å². The summed E-state index contributed by atoms with van der Waals surface area (Å²) in [6.45, 7) is 3.15. The van der Waals surface area contributed by atoms with Crippen molar-refractivity contribution in [3.05, 3.63) is 59.1 Å². The molecule has 8 nitrogen and oxygen atoms in total. The Bertz CT molecular complexity index is 1240. The number of benzene rings is 2. The first kappa shape index (κ1) is 25.9. The van der Waals surface area contributed by atoms with Gasteiger partial charge in [0, 0.05) is 23.6 Å². The smallest absolute Gasteiger partial charge is 0.308 e. The predicted octanol–water partition coefficient (Wildman–Crippen LogP) is 5.66. The van der Waals surface area contributed by atoms with Crippen LogP contribution < -0.4 is 10.2 Å². The maximum atomic E-state index is 12.6. The second-order valence-corrected chi connectivity index (χ2v) is 9.99. The summed E-state index contributed by atoms with van der Waals surface area (Å²) in [5.41, 5.74) is 5.01. The van der Waals surface area contributed by atoms with Gasteiger partial charge in [-0.2, -0.15) is 5.10 Å². The van der Waals surface area contributed by atoms with Crippen molar-refractivity contribution in [3.63, 3.8) is 0 Å². The van der Waals surface area contributed by atoms with Crippen molar-refractivity contribution >= 4 is 41.0 Å². The van der Waals surface area contributed by atoms with E-state index >= 15 is 0 Å². The number of hydrogen-bond acceptors (Lipinski definition) is 7. The zero-order chi connectivity index (χ0) is 25.5. The highest BCUT2D eigenvalue weighted by molar-refractivity contribution is 7.99. The molecule has 4 rings (SSSR count). The van der Waals surface area contributed by atoms with Gasteiger partial charge in [0.2, 0.25) is 0 Å². The van der Waals surface area contributed by atoms with E-state index in [0.717, 1.165) is 34.9 Å². The van der Waals surface area contributed by atoms with Crippen LogP contribution in [0.1, 0.15) is 57.6 Å². The topological polar surface area (TPSA) is 98.5 Å². The Hall–Kier alpha value is -3.17. The number of halogens is 1. The monoisotopic (exact) mass is 525 g/mol. The van der Waals surface area contributed by atoms with Crippen LogP contribution in [-0.4, -0.2) is 38.1 Å². The van der Waals surface area contributed by atoms with E-state index in [1.807, 2.05) is 24.3 Å². The van der Waals surface area contributed by atoms with Gasteiger partial charge in [-0.25, -0.2) is 5.43 Å². The third-order valence-electron chi connectivity index (χ3n) is 5.92. The maximum Gasteiger partial charge on any atom is 0.308 e. The number of ether oxygens (including phenoxy) is 1. The number of aromatic nitrogens is 3. The number of carbonyl (C=O) groups excluding carboxylic acids is 2. The molecule has 1 fully saturated rings. The lowest BCUT2D eigenvalue weighted by atomic mass is 9.95. The van der Waals surface area contributed by atoms with E-state index in [9.17, 15) is 9.59 Å². The van der Waals surface area contributed by atoms with Crippen molar-refractivity contribution in [2.24, 2.45) is 5.10 Å². The standard InChI is InChI=1S/C26H28ClN5O3S/c1-17(19-10-14-23(15-11-19)35-18(2)33)28-29-24(34)16-36-26-31-30-25(20-8-12-21(27)13-9-20)32(26)22-6-4-3-5-7-22/h8-15,22H,3-7,16H2,1-2H3,(H,29,34). The van der Waals surface area contributed by atoms with Crippen molar-refractivity contribution < 1.29 is 14.3 Å². The fraction of sp³-hybridized carbons (Fsp3) is 0.346. The van der Waals surface area contributed by atoms with E-state index < -0.39 is 0 Å². The summed E-state index contributed by atoms with van der Waals surface area (Å²) in [5.74, 6) is 0.805. The largest absolute Gasteiger partial charge is 0.427 e. The average Bonchev–Trinajstić information content (AvgIpc) is 3.31. The van der Waals surface area contributed by atoms with Crippen molar-refractivity contribution in [2.45, 2.75) is 57.1 Å². The maximum absolute atomic E-state index is 12.6. The van der Waals surface area contributed by atoms with Crippen LogP contribution in [0.15, 0.2) is 58.8 Å². The van der Waals surface area contributed by atoms with Gasteiger partial charge in [0.05, 0.1) is 11.5 Å². The molecule has 3 aromatic rings. The normalized spacial score (nSPS) is 14.5. The molecule has 36 heavy (non-hydrogen) atoms. The third kappa shape index (κ3) is 6.73. The summed E-state index contributed by atoms with van der Waals surface area (Å²) in [5, 5.41) is 14.5. The Morgan fingerprint density at radius 1 is 1.06 bits per heavy atom. The van der Waals surface area contributed by atoms with Gasteiger partial charge in [-0.05, 0) is 73.9 Å². The molecule has 2 aromatic carbocycles. The summed E-state index contributed by atoms with van der Waals surface area (Å²) in [7, 11) is 0. The molecular weight excluding hydrogens is 498 g/mol. The SMILES string of the molecule is CC(=O)Oc1ccc(C(C)=NNC(=O)CSc2nnc(-c3ccc(Cl)cc3)n2C2CCCCC2)cc1. The van der Waals surface area contributed by atoms with Crippen LogP contribution in [0.3, 0.4) is 0 Å². The molecule has 0 saturated heterocycles. The lowest BCUT2D eigenvalue weighted by molar-refractivity contribution is -0.131. The molecule has 1 heterocycles. The molecule has 0 unspecified atom stereocenters. The molecule has 1 aliphatic rings. The van der Waals surface area contributed by atoms with Crippen LogP contribution in [0.5, 0.6) is 5.75 Å². The zero-order valence-corrected chi connectivity index (χ0v) is 21.8. The first-order chi connectivity index (χ1) is 17.4. The average molecular weight is 526 g/mol. The minimum atomic E-state index is -0.377. The summed E-state index contributed by atoms with van der Waals surface area (Å²) in [6, 6.07) is 14.8. The lowest BCUT2D eigenvalue weighted by Gasteiger charge is -2.25. The summed E-state index contributed by atoms with van der Waals surface area (Å²) >= 11 is 7.43. The molecule has 188 valence electrons. The Labute approximate surface area is 219 Å². The van der Waals surface area contributed by atoms with Gasteiger partial charge in [0.25, 0.3) is 5.91 Å². The van der Waals surface area contributed by atoms with Crippen molar-refractivity contribution in [3.8, 4) is 17.1 Å². The Morgan fingerprint density at radius 3 is 2.42 bits per heavy atom. The van der Waals surface area contributed by atoms with E-state index in [1.54, 1.807) is 31.2 Å². The molecule has 1 N–H and O–H groups in total. The van der Waals surface area contributed by atoms with Gasteiger partial charge < -0.3 is 4.74 Å². The van der Waals surface area contributed by atoms with E-state index in [0.29, 0.717) is 22.5 Å². The molecule has 1 amide bonds. The highest BCUT2D eigenvalue weighted by atomic mass is 35.5. The highest BCUT2D eigenvalue weighted by Crippen LogP contribution is 2.35. The van der Waals surface area contributed by atoms with Gasteiger partial charge in [0.15, 0.2) is 11.0 Å². The number of esters is 1. The molecule has 0 atom stereocenters. The second-order valence-electron chi connectivity index (χ2n) is 8.61. The van der Waals surface area contributed by atoms with Gasteiger partial charge in [-0.1, -0.05) is 42.6 Å². The zero-order valence-electron chi connectivity index (χ0n) is 20.2. The number of rotatable bonds is 8. The van der Waals surface area contributed by atoms with Crippen LogP contribution in [0.2, 0.25) is 5.02 Å². The minimum absolute atomic E-state index is 0.160. The molecule has 10 heteroatoms. The van der Waals surface area contributed by atoms with Crippen LogP contribution >= 0.6 is 23.4 Å². The summed E-state index contributed by atoms with van der Waals surface area (Å²) < 4.78 is 7.22. The molecule has 0 spiro atoms. The number of carbonyl (C=O) groups is 2. The first-order valence-electron chi connectivity index (χ1n) is 11.9. The van der Waals surface area contributed by atoms with Gasteiger partial charge >= 0.3 is 5.97 Å². The van der Waals surface area contributed by atoms with Gasteiger partial charge in [0.1, 0.15) is 5.75 Å². The number of nitrogens with one attached hydrogen (secondary N) is 1. The first-order valence-corrected chi connectivity index (χ1v) is 13.2. The quantitative estimate of drug-likeness (QED) is 0.134. The predicted molar refractivity (Wildman–Crippen MR) is 141 cm³/mol. The number of hydrazone groups is 1. The Kier molecular flexibility index (Phi) is 8.77. The summed E-state index contributed by atoms with van der Waals surface area (Å²) in [6.07, 6.45) is 5.71. The fourth-order valence-electron chi connectivity index (χ4n) is 4.14. The van der Waals surface area contributed by atoms with Crippen LogP contribution in [0.4, 0.5) is 0 Å². The number of hydrogen-bond donors (Lipinski definition) is 1. The van der Waals surface area contributed by atoms with Crippen molar-refractivity contribution in [2.75, 3.05) is 5.75 Å². The molecule has 0 radical (unpaired) electrons. The van der Waals surface area contributed by atoms with Gasteiger partial charge in [-0.3, -0.25) is 14.2 Å². The molecular formula is C26H28ClN5O3S. The third-order valence-corrected chi connectivity index (χ3v) is 7.12. The Morgan fingerprint density at radius 2 is 1.75 bits per heavy atom. The molecule has 1 aromatic heterocycles. The number of thioether (sulfide) groups is 1. The molecule has 1 saturated carbocycles. The number of nitrogens with zero attached hydrogens (tertiary/aromatic N) is 4. The summed E-state index contributed by atoms with van der Waals surface area (Å²) in [4.78, 5) is 23.6. The van der Waals surface area contributed by atoms with E-state index in [2.05, 4.69) is 25.3 Å². The van der Waals surface area contributed by atoms with Crippen LogP contribution in [0, 0.1) is 0 Å². The molecule has 0 bridgehead atoms. The van der Waals surface area contributed by atoms with Gasteiger partial charge in [-0.15, -0.1) is 10.2 Å². The number of amides is 1. The minimum Gasteiger partial charge on any atom is -0.427 e. The molecule has 0 aliphatic heterocycles. The fourth-order valence-corrected chi connectivity index (χ4v) is 5.07. The van der Waals surface area contributed by atoms with Crippen molar-refractivity contribution in [1.82, 2.24) is 20.2 Å². The van der Waals surface area contributed by atoms with Crippen LogP contribution in [-0.2, 0) is 9.59 Å². The molecule has 1 aliphatic carbocycles. The van der Waals surface area contributed by atoms with Crippen molar-refractivity contribution in [1.29, 1.82) is 0 Å². The van der Waals surface area contributed by atoms with E-state index in [4.69, 9.17) is 16.3 Å². The lowest BCUT2D eigenvalue weighted by Crippen LogP contribution is -2.22. The van der Waals surface area contributed by atoms with Crippen LogP contribution in [0.25, 0.3) is 11.4 Å². The second kappa shape index (κ2) is 12.2. The Balaban J connectivity index is 1.42. The highest BCUT2D eigenvalue weighted by Gasteiger charge is 2.24. The van der Waals surface area contributed by atoms with E-state index in [-0.39, 0.29) is 17.6 Å².